The first-order chi connectivity index (χ1) is 8.63. The molecule has 1 unspecified atom stereocenters. The fourth-order valence-corrected chi connectivity index (χ4v) is 2.76. The lowest BCUT2D eigenvalue weighted by Crippen LogP contribution is -2.43. The number of benzene rings is 1. The molecule has 18 heavy (non-hydrogen) atoms. The molecule has 1 fully saturated rings. The van der Waals surface area contributed by atoms with Gasteiger partial charge in [-0.1, -0.05) is 24.6 Å². The molecule has 0 radical (unpaired) electrons. The highest BCUT2D eigenvalue weighted by atomic mass is 35.5. The van der Waals surface area contributed by atoms with E-state index in [2.05, 4.69) is 6.92 Å². The fraction of sp³-hybridized carbons (Fsp3) is 0.533. The van der Waals surface area contributed by atoms with Crippen LogP contribution in [0.3, 0.4) is 0 Å². The maximum atomic E-state index is 12.5. The van der Waals surface area contributed by atoms with Crippen molar-refractivity contribution in [1.82, 2.24) is 4.90 Å². The molecular formula is C15H20ClNO. The van der Waals surface area contributed by atoms with Crippen LogP contribution in [0.4, 0.5) is 0 Å². The van der Waals surface area contributed by atoms with Gasteiger partial charge in [-0.05, 0) is 50.3 Å². The summed E-state index contributed by atoms with van der Waals surface area (Å²) >= 11 is 6.10. The highest BCUT2D eigenvalue weighted by molar-refractivity contribution is 6.31. The Morgan fingerprint density at radius 2 is 2.22 bits per heavy atom. The van der Waals surface area contributed by atoms with Gasteiger partial charge in [0.05, 0.1) is 0 Å². The molecule has 1 aliphatic heterocycles. The average Bonchev–Trinajstić information content (AvgIpc) is 2.41. The van der Waals surface area contributed by atoms with Crippen LogP contribution in [-0.4, -0.2) is 23.4 Å². The number of piperidine rings is 1. The van der Waals surface area contributed by atoms with Gasteiger partial charge in [0.2, 0.25) is 0 Å². The number of aryl methyl sites for hydroxylation is 1. The van der Waals surface area contributed by atoms with E-state index in [-0.39, 0.29) is 5.91 Å². The molecule has 0 spiro atoms. The third-order valence-electron chi connectivity index (χ3n) is 3.78. The number of carbonyl (C=O) groups excluding carboxylic acids is 1. The van der Waals surface area contributed by atoms with Crippen molar-refractivity contribution in [1.29, 1.82) is 0 Å². The second-order valence-electron chi connectivity index (χ2n) is 5.02. The average molecular weight is 266 g/mol. The summed E-state index contributed by atoms with van der Waals surface area (Å²) in [6, 6.07) is 5.98. The molecule has 0 saturated carbocycles. The lowest BCUT2D eigenvalue weighted by molar-refractivity contribution is 0.0608. The van der Waals surface area contributed by atoms with Crippen molar-refractivity contribution >= 4 is 17.5 Å². The molecule has 1 aliphatic rings. The molecule has 1 aromatic carbocycles. The summed E-state index contributed by atoms with van der Waals surface area (Å²) in [6.45, 7) is 4.98. The Labute approximate surface area is 114 Å². The van der Waals surface area contributed by atoms with Crippen molar-refractivity contribution in [3.05, 3.63) is 34.3 Å². The maximum Gasteiger partial charge on any atom is 0.254 e. The van der Waals surface area contributed by atoms with Crippen molar-refractivity contribution in [3.8, 4) is 0 Å². The third-order valence-corrected chi connectivity index (χ3v) is 4.19. The summed E-state index contributed by atoms with van der Waals surface area (Å²) in [7, 11) is 0. The molecule has 1 amide bonds. The highest BCUT2D eigenvalue weighted by Gasteiger charge is 2.26. The second kappa shape index (κ2) is 5.75. The van der Waals surface area contributed by atoms with E-state index in [9.17, 15) is 4.79 Å². The van der Waals surface area contributed by atoms with Crippen LogP contribution in [0, 0.1) is 6.92 Å². The first-order valence-electron chi connectivity index (χ1n) is 6.70. The van der Waals surface area contributed by atoms with Crippen LogP contribution < -0.4 is 0 Å². The molecule has 0 aromatic heterocycles. The molecule has 1 atom stereocenters. The fourth-order valence-electron chi connectivity index (χ4n) is 2.58. The van der Waals surface area contributed by atoms with E-state index in [4.69, 9.17) is 11.6 Å². The zero-order valence-corrected chi connectivity index (χ0v) is 11.8. The van der Waals surface area contributed by atoms with Gasteiger partial charge >= 0.3 is 0 Å². The number of nitrogens with zero attached hydrogens (tertiary/aromatic N) is 1. The standard InChI is InChI=1S/C15H20ClNO/c1-3-13-6-4-5-9-17(13)15(18)12-8-7-11(2)14(16)10-12/h7-8,10,13H,3-6,9H2,1-2H3. The Balaban J connectivity index is 2.21. The van der Waals surface area contributed by atoms with Gasteiger partial charge in [-0.2, -0.15) is 0 Å². The minimum Gasteiger partial charge on any atom is -0.336 e. The van der Waals surface area contributed by atoms with E-state index in [1.165, 1.54) is 6.42 Å². The molecule has 2 rings (SSSR count). The van der Waals surface area contributed by atoms with Gasteiger partial charge in [-0.25, -0.2) is 0 Å². The van der Waals surface area contributed by atoms with E-state index < -0.39 is 0 Å². The van der Waals surface area contributed by atoms with Crippen LogP contribution in [-0.2, 0) is 0 Å². The van der Waals surface area contributed by atoms with Gasteiger partial charge in [-0.15, -0.1) is 0 Å². The van der Waals surface area contributed by atoms with Crippen molar-refractivity contribution in [2.75, 3.05) is 6.54 Å². The Morgan fingerprint density at radius 3 is 2.89 bits per heavy atom. The van der Waals surface area contributed by atoms with Crippen molar-refractivity contribution in [3.63, 3.8) is 0 Å². The normalized spacial score (nSPS) is 19.9. The quantitative estimate of drug-likeness (QED) is 0.790. The molecular weight excluding hydrogens is 246 g/mol. The molecule has 3 heteroatoms. The van der Waals surface area contributed by atoms with Gasteiger partial charge in [-0.3, -0.25) is 4.79 Å². The Kier molecular flexibility index (Phi) is 4.28. The number of amides is 1. The summed E-state index contributed by atoms with van der Waals surface area (Å²) < 4.78 is 0. The van der Waals surface area contributed by atoms with Gasteiger partial charge in [0.1, 0.15) is 0 Å². The number of halogens is 1. The lowest BCUT2D eigenvalue weighted by Gasteiger charge is -2.35. The zero-order chi connectivity index (χ0) is 13.1. The molecule has 1 aromatic rings. The van der Waals surface area contributed by atoms with E-state index in [0.29, 0.717) is 16.6 Å². The van der Waals surface area contributed by atoms with Crippen LogP contribution >= 0.6 is 11.6 Å². The zero-order valence-electron chi connectivity index (χ0n) is 11.1. The summed E-state index contributed by atoms with van der Waals surface area (Å²) in [5.74, 6) is 0.128. The largest absolute Gasteiger partial charge is 0.336 e. The Bertz CT molecular complexity index is 444. The van der Waals surface area contributed by atoms with E-state index in [0.717, 1.165) is 31.4 Å². The predicted molar refractivity (Wildman–Crippen MR) is 75.2 cm³/mol. The number of rotatable bonds is 2. The van der Waals surface area contributed by atoms with Crippen LogP contribution in [0.5, 0.6) is 0 Å². The Morgan fingerprint density at radius 1 is 1.44 bits per heavy atom. The maximum absolute atomic E-state index is 12.5. The van der Waals surface area contributed by atoms with E-state index >= 15 is 0 Å². The topological polar surface area (TPSA) is 20.3 Å². The summed E-state index contributed by atoms with van der Waals surface area (Å²) in [4.78, 5) is 14.5. The van der Waals surface area contributed by atoms with Crippen LogP contribution in [0.15, 0.2) is 18.2 Å². The molecule has 1 heterocycles. The summed E-state index contributed by atoms with van der Waals surface area (Å²) in [6.07, 6.45) is 4.51. The van der Waals surface area contributed by atoms with Gasteiger partial charge in [0.25, 0.3) is 5.91 Å². The summed E-state index contributed by atoms with van der Waals surface area (Å²) in [5, 5.41) is 0.672. The molecule has 2 nitrogen and oxygen atoms in total. The third kappa shape index (κ3) is 2.69. The monoisotopic (exact) mass is 265 g/mol. The molecule has 1 saturated heterocycles. The Hall–Kier alpha value is -1.02. The number of carbonyl (C=O) groups is 1. The lowest BCUT2D eigenvalue weighted by atomic mass is 9.98. The first-order valence-corrected chi connectivity index (χ1v) is 7.08. The molecule has 98 valence electrons. The van der Waals surface area contributed by atoms with Crippen molar-refractivity contribution in [2.24, 2.45) is 0 Å². The minimum absolute atomic E-state index is 0.128. The second-order valence-corrected chi connectivity index (χ2v) is 5.43. The van der Waals surface area contributed by atoms with Crippen molar-refractivity contribution in [2.45, 2.75) is 45.6 Å². The van der Waals surface area contributed by atoms with E-state index in [1.807, 2.05) is 24.0 Å². The number of likely N-dealkylation sites (tertiary alicyclic amines) is 1. The first kappa shape index (κ1) is 13.4. The predicted octanol–water partition coefficient (Wildman–Crippen LogP) is 4.05. The minimum atomic E-state index is 0.128. The summed E-state index contributed by atoms with van der Waals surface area (Å²) in [5.41, 5.74) is 1.73. The van der Waals surface area contributed by atoms with Gasteiger partial charge in [0, 0.05) is 23.2 Å². The van der Waals surface area contributed by atoms with Gasteiger partial charge < -0.3 is 4.90 Å². The highest BCUT2D eigenvalue weighted by Crippen LogP contribution is 2.23. The van der Waals surface area contributed by atoms with Crippen LogP contribution in [0.2, 0.25) is 5.02 Å². The number of hydrogen-bond acceptors (Lipinski definition) is 1. The molecule has 0 N–H and O–H groups in total. The van der Waals surface area contributed by atoms with Crippen molar-refractivity contribution < 1.29 is 4.79 Å². The van der Waals surface area contributed by atoms with Gasteiger partial charge in [0.15, 0.2) is 0 Å². The van der Waals surface area contributed by atoms with Crippen LogP contribution in [0.1, 0.15) is 48.5 Å². The SMILES string of the molecule is CCC1CCCCN1C(=O)c1ccc(C)c(Cl)c1. The molecule has 0 aliphatic carbocycles. The number of hydrogen-bond donors (Lipinski definition) is 0. The smallest absolute Gasteiger partial charge is 0.254 e. The molecule has 0 bridgehead atoms. The van der Waals surface area contributed by atoms with Crippen LogP contribution in [0.25, 0.3) is 0 Å². The van der Waals surface area contributed by atoms with E-state index in [1.54, 1.807) is 6.07 Å².